The van der Waals surface area contributed by atoms with Crippen LogP contribution in [0.1, 0.15) is 78.2 Å². The van der Waals surface area contributed by atoms with E-state index < -0.39 is 0 Å². The summed E-state index contributed by atoms with van der Waals surface area (Å²) in [7, 11) is 0. The quantitative estimate of drug-likeness (QED) is 0.446. The molecular formula is C20H34O. The summed E-state index contributed by atoms with van der Waals surface area (Å²) in [6.07, 6.45) is 9.57. The van der Waals surface area contributed by atoms with Crippen LogP contribution in [0.5, 0.6) is 0 Å². The molecule has 0 fully saturated rings. The van der Waals surface area contributed by atoms with Gasteiger partial charge in [0.25, 0.3) is 0 Å². The molecule has 1 aromatic rings. The summed E-state index contributed by atoms with van der Waals surface area (Å²) in [6.45, 7) is 9.82. The molecule has 0 bridgehead atoms. The van der Waals surface area contributed by atoms with Crippen molar-refractivity contribution in [2.75, 3.05) is 6.61 Å². The third-order valence-electron chi connectivity index (χ3n) is 4.51. The van der Waals surface area contributed by atoms with Crippen LogP contribution in [0.4, 0.5) is 0 Å². The molecule has 21 heavy (non-hydrogen) atoms. The Kier molecular flexibility index (Phi) is 8.68. The largest absolute Gasteiger partial charge is 0.378 e. The lowest BCUT2D eigenvalue weighted by atomic mass is 9.77. The van der Waals surface area contributed by atoms with Crippen LogP contribution in [0.25, 0.3) is 0 Å². The van der Waals surface area contributed by atoms with Gasteiger partial charge in [-0.1, -0.05) is 89.6 Å². The Morgan fingerprint density at radius 2 is 1.52 bits per heavy atom. The Morgan fingerprint density at radius 3 is 2.14 bits per heavy atom. The maximum Gasteiger partial charge on any atom is 0.0666 e. The van der Waals surface area contributed by atoms with Crippen LogP contribution in [0.15, 0.2) is 30.3 Å². The van der Waals surface area contributed by atoms with E-state index in [0.717, 1.165) is 6.61 Å². The molecule has 0 heterocycles. The van der Waals surface area contributed by atoms with Crippen LogP contribution in [0.3, 0.4) is 0 Å². The fourth-order valence-electron chi connectivity index (χ4n) is 3.02. The van der Waals surface area contributed by atoms with Crippen molar-refractivity contribution in [3.63, 3.8) is 0 Å². The van der Waals surface area contributed by atoms with Crippen LogP contribution in [-0.2, 0) is 10.2 Å². The van der Waals surface area contributed by atoms with Gasteiger partial charge in [-0.05, 0) is 18.9 Å². The first-order valence-electron chi connectivity index (χ1n) is 8.80. The maximum atomic E-state index is 6.09. The molecule has 1 aromatic carbocycles. The van der Waals surface area contributed by atoms with E-state index in [1.54, 1.807) is 0 Å². The van der Waals surface area contributed by atoms with Gasteiger partial charge in [-0.2, -0.15) is 0 Å². The predicted octanol–water partition coefficient (Wildman–Crippen LogP) is 6.12. The molecule has 1 nitrogen and oxygen atoms in total. The topological polar surface area (TPSA) is 9.23 Å². The van der Waals surface area contributed by atoms with E-state index in [1.807, 2.05) is 0 Å². The molecule has 0 aliphatic heterocycles. The summed E-state index contributed by atoms with van der Waals surface area (Å²) in [4.78, 5) is 0. The first-order valence-corrected chi connectivity index (χ1v) is 8.80. The van der Waals surface area contributed by atoms with Gasteiger partial charge in [-0.15, -0.1) is 0 Å². The zero-order valence-electron chi connectivity index (χ0n) is 14.5. The molecule has 0 saturated carbocycles. The molecule has 1 atom stereocenters. The van der Waals surface area contributed by atoms with E-state index in [0.29, 0.717) is 6.10 Å². The zero-order valence-corrected chi connectivity index (χ0v) is 14.5. The Labute approximate surface area is 132 Å². The highest BCUT2D eigenvalue weighted by atomic mass is 16.5. The molecule has 1 rings (SSSR count). The third-order valence-corrected chi connectivity index (χ3v) is 4.51. The minimum Gasteiger partial charge on any atom is -0.378 e. The van der Waals surface area contributed by atoms with Crippen molar-refractivity contribution < 1.29 is 4.74 Å². The number of benzene rings is 1. The van der Waals surface area contributed by atoms with Gasteiger partial charge in [0, 0.05) is 12.0 Å². The van der Waals surface area contributed by atoms with Crippen LogP contribution < -0.4 is 0 Å². The molecule has 0 aliphatic carbocycles. The SMILES string of the molecule is CCCCCCCCC(OCC)C(C)(C)c1ccccc1. The fourth-order valence-corrected chi connectivity index (χ4v) is 3.02. The highest BCUT2D eigenvalue weighted by Gasteiger charge is 2.31. The first-order chi connectivity index (χ1) is 10.1. The number of unbranched alkanes of at least 4 members (excludes halogenated alkanes) is 5. The lowest BCUT2D eigenvalue weighted by Gasteiger charge is -2.35. The summed E-state index contributed by atoms with van der Waals surface area (Å²) in [5.74, 6) is 0. The van der Waals surface area contributed by atoms with Crippen molar-refractivity contribution in [3.8, 4) is 0 Å². The molecule has 0 spiro atoms. The number of rotatable bonds is 11. The predicted molar refractivity (Wildman–Crippen MR) is 92.9 cm³/mol. The van der Waals surface area contributed by atoms with Crippen LogP contribution in [0, 0.1) is 0 Å². The molecule has 120 valence electrons. The maximum absolute atomic E-state index is 6.09. The average Bonchev–Trinajstić information content (AvgIpc) is 2.50. The summed E-state index contributed by atoms with van der Waals surface area (Å²) in [6, 6.07) is 10.8. The monoisotopic (exact) mass is 290 g/mol. The molecule has 1 heteroatoms. The van der Waals surface area contributed by atoms with E-state index in [-0.39, 0.29) is 5.41 Å². The first kappa shape index (κ1) is 18.2. The van der Waals surface area contributed by atoms with Crippen molar-refractivity contribution in [3.05, 3.63) is 35.9 Å². The van der Waals surface area contributed by atoms with Crippen molar-refractivity contribution in [1.82, 2.24) is 0 Å². The molecular weight excluding hydrogens is 256 g/mol. The second-order valence-corrected chi connectivity index (χ2v) is 6.59. The van der Waals surface area contributed by atoms with Gasteiger partial charge in [0.1, 0.15) is 0 Å². The highest BCUT2D eigenvalue weighted by molar-refractivity contribution is 5.25. The van der Waals surface area contributed by atoms with E-state index in [4.69, 9.17) is 4.74 Å². The second kappa shape index (κ2) is 10.00. The van der Waals surface area contributed by atoms with Crippen LogP contribution in [0.2, 0.25) is 0 Å². The lowest BCUT2D eigenvalue weighted by Crippen LogP contribution is -2.36. The Balaban J connectivity index is 2.51. The van der Waals surface area contributed by atoms with Gasteiger partial charge in [0.2, 0.25) is 0 Å². The number of ether oxygens (including phenoxy) is 1. The van der Waals surface area contributed by atoms with E-state index in [9.17, 15) is 0 Å². The van der Waals surface area contributed by atoms with Crippen LogP contribution in [-0.4, -0.2) is 12.7 Å². The minimum absolute atomic E-state index is 0.0840. The summed E-state index contributed by atoms with van der Waals surface area (Å²) in [5.41, 5.74) is 1.47. The number of hydrogen-bond acceptors (Lipinski definition) is 1. The van der Waals surface area contributed by atoms with E-state index in [2.05, 4.69) is 58.0 Å². The zero-order chi connectivity index (χ0) is 15.6. The smallest absolute Gasteiger partial charge is 0.0666 e. The summed E-state index contributed by atoms with van der Waals surface area (Å²) >= 11 is 0. The fraction of sp³-hybridized carbons (Fsp3) is 0.700. The average molecular weight is 290 g/mol. The Morgan fingerprint density at radius 1 is 0.905 bits per heavy atom. The van der Waals surface area contributed by atoms with Crippen molar-refractivity contribution in [2.45, 2.75) is 84.2 Å². The van der Waals surface area contributed by atoms with Crippen molar-refractivity contribution >= 4 is 0 Å². The van der Waals surface area contributed by atoms with Gasteiger partial charge in [0.05, 0.1) is 6.10 Å². The molecule has 0 aliphatic rings. The molecule has 1 unspecified atom stereocenters. The van der Waals surface area contributed by atoms with Gasteiger partial charge in [-0.25, -0.2) is 0 Å². The van der Waals surface area contributed by atoms with Crippen molar-refractivity contribution in [2.24, 2.45) is 0 Å². The standard InChI is InChI=1S/C20H34O/c1-5-7-8-9-10-14-17-19(21-6-2)20(3,4)18-15-12-11-13-16-18/h11-13,15-16,19H,5-10,14,17H2,1-4H3. The van der Waals surface area contributed by atoms with E-state index >= 15 is 0 Å². The summed E-state index contributed by atoms with van der Waals surface area (Å²) in [5, 5.41) is 0. The highest BCUT2D eigenvalue weighted by Crippen LogP contribution is 2.32. The Hall–Kier alpha value is -0.820. The normalized spacial score (nSPS) is 13.3. The van der Waals surface area contributed by atoms with E-state index in [1.165, 1.54) is 50.5 Å². The molecule has 0 aromatic heterocycles. The molecule has 0 N–H and O–H groups in total. The van der Waals surface area contributed by atoms with Gasteiger partial charge in [-0.3, -0.25) is 0 Å². The number of hydrogen-bond donors (Lipinski definition) is 0. The van der Waals surface area contributed by atoms with Crippen molar-refractivity contribution in [1.29, 1.82) is 0 Å². The van der Waals surface area contributed by atoms with Gasteiger partial charge in [0.15, 0.2) is 0 Å². The summed E-state index contributed by atoms with van der Waals surface area (Å²) < 4.78 is 6.09. The molecule has 0 saturated heterocycles. The molecule has 0 amide bonds. The third kappa shape index (κ3) is 6.22. The van der Waals surface area contributed by atoms with Gasteiger partial charge < -0.3 is 4.74 Å². The van der Waals surface area contributed by atoms with Crippen LogP contribution >= 0.6 is 0 Å². The Bertz CT molecular complexity index is 355. The lowest BCUT2D eigenvalue weighted by molar-refractivity contribution is 0.00688. The minimum atomic E-state index is 0.0840. The molecule has 0 radical (unpaired) electrons. The second-order valence-electron chi connectivity index (χ2n) is 6.59. The van der Waals surface area contributed by atoms with Gasteiger partial charge >= 0.3 is 0 Å².